The van der Waals surface area contributed by atoms with Crippen molar-refractivity contribution in [3.8, 4) is 17.2 Å². The Labute approximate surface area is 103 Å². The number of para-hydroxylation sites is 1. The van der Waals surface area contributed by atoms with Crippen LogP contribution in [0.2, 0.25) is 0 Å². The lowest BCUT2D eigenvalue weighted by atomic mass is 10.3. The maximum absolute atomic E-state index is 5.62. The van der Waals surface area contributed by atoms with E-state index < -0.39 is 0 Å². The molecule has 0 atom stereocenters. The minimum Gasteiger partial charge on any atom is -0.486 e. The van der Waals surface area contributed by atoms with Crippen molar-refractivity contribution in [1.82, 2.24) is 20.2 Å². The van der Waals surface area contributed by atoms with Gasteiger partial charge in [0.15, 0.2) is 18.1 Å². The van der Waals surface area contributed by atoms with Crippen molar-refractivity contribution in [1.29, 1.82) is 0 Å². The Kier molecular flexibility index (Phi) is 2.71. The predicted molar refractivity (Wildman–Crippen MR) is 60.6 cm³/mol. The molecule has 0 fully saturated rings. The minimum atomic E-state index is 0.244. The lowest BCUT2D eigenvalue weighted by molar-refractivity contribution is 0.160. The molecule has 2 aromatic rings. The topological polar surface area (TPSA) is 71.3 Å². The lowest BCUT2D eigenvalue weighted by Crippen LogP contribution is -2.16. The average molecular weight is 248 g/mol. The zero-order valence-electron chi connectivity index (χ0n) is 9.87. The molecule has 1 aliphatic rings. The first-order chi connectivity index (χ1) is 8.83. The molecule has 18 heavy (non-hydrogen) atoms. The fourth-order valence-corrected chi connectivity index (χ4v) is 1.68. The summed E-state index contributed by atoms with van der Waals surface area (Å²) in [5.74, 6) is 2.48. The van der Waals surface area contributed by atoms with Crippen LogP contribution in [-0.4, -0.2) is 33.4 Å². The summed E-state index contributed by atoms with van der Waals surface area (Å²) < 4.78 is 16.6. The molecule has 0 unspecified atom stereocenters. The highest BCUT2D eigenvalue weighted by Crippen LogP contribution is 2.39. The van der Waals surface area contributed by atoms with E-state index in [2.05, 4.69) is 15.4 Å². The molecule has 94 valence electrons. The number of hydrogen-bond acceptors (Lipinski definition) is 6. The van der Waals surface area contributed by atoms with Crippen molar-refractivity contribution in [3.05, 3.63) is 24.0 Å². The van der Waals surface area contributed by atoms with E-state index >= 15 is 0 Å². The van der Waals surface area contributed by atoms with Crippen molar-refractivity contribution in [2.45, 2.75) is 6.61 Å². The third-order valence-corrected chi connectivity index (χ3v) is 2.44. The third kappa shape index (κ3) is 2.06. The molecular weight excluding hydrogens is 236 g/mol. The van der Waals surface area contributed by atoms with Crippen LogP contribution in [0.4, 0.5) is 0 Å². The van der Waals surface area contributed by atoms with Gasteiger partial charge in [-0.05, 0) is 17.3 Å². The summed E-state index contributed by atoms with van der Waals surface area (Å²) in [7, 11) is 1.71. The van der Waals surface area contributed by atoms with Crippen molar-refractivity contribution in [3.63, 3.8) is 0 Å². The van der Waals surface area contributed by atoms with Crippen LogP contribution in [0.5, 0.6) is 17.2 Å². The molecule has 0 amide bonds. The number of ether oxygens (including phenoxy) is 3. The highest BCUT2D eigenvalue weighted by Gasteiger charge is 2.17. The summed E-state index contributed by atoms with van der Waals surface area (Å²) in [4.78, 5) is 1.39. The molecule has 0 N–H and O–H groups in total. The highest BCUT2D eigenvalue weighted by molar-refractivity contribution is 5.51. The van der Waals surface area contributed by atoms with Crippen LogP contribution in [0.1, 0.15) is 5.82 Å². The number of aromatic nitrogens is 4. The maximum Gasteiger partial charge on any atom is 0.212 e. The van der Waals surface area contributed by atoms with Gasteiger partial charge in [0.2, 0.25) is 11.6 Å². The number of rotatable bonds is 3. The van der Waals surface area contributed by atoms with Crippen molar-refractivity contribution < 1.29 is 14.2 Å². The molecule has 0 spiro atoms. The number of aryl methyl sites for hydroxylation is 1. The van der Waals surface area contributed by atoms with E-state index in [-0.39, 0.29) is 6.61 Å². The molecule has 0 saturated carbocycles. The maximum atomic E-state index is 5.62. The quantitative estimate of drug-likeness (QED) is 0.790. The van der Waals surface area contributed by atoms with Crippen LogP contribution in [0.25, 0.3) is 0 Å². The first-order valence-corrected chi connectivity index (χ1v) is 5.57. The van der Waals surface area contributed by atoms with Crippen LogP contribution in [-0.2, 0) is 13.7 Å². The minimum absolute atomic E-state index is 0.244. The molecule has 0 saturated heterocycles. The molecule has 1 aromatic heterocycles. The molecule has 7 heteroatoms. The zero-order valence-corrected chi connectivity index (χ0v) is 9.87. The van der Waals surface area contributed by atoms with Crippen LogP contribution in [0.3, 0.4) is 0 Å². The summed E-state index contributed by atoms with van der Waals surface area (Å²) in [5, 5.41) is 11.6. The number of tetrazole rings is 1. The second kappa shape index (κ2) is 4.52. The molecule has 3 rings (SSSR count). The smallest absolute Gasteiger partial charge is 0.212 e. The van der Waals surface area contributed by atoms with Gasteiger partial charge >= 0.3 is 0 Å². The standard InChI is InChI=1S/C11H12N4O3/c1-15-13-10(12-14-15)7-18-9-4-2-3-8-11(9)17-6-5-16-8/h2-4H,5-7H2,1H3. The Morgan fingerprint density at radius 2 is 2.22 bits per heavy atom. The molecule has 1 aliphatic heterocycles. The Morgan fingerprint density at radius 1 is 1.33 bits per heavy atom. The average Bonchev–Trinajstić information content (AvgIpc) is 2.82. The van der Waals surface area contributed by atoms with E-state index in [0.29, 0.717) is 36.3 Å². The highest BCUT2D eigenvalue weighted by atomic mass is 16.6. The van der Waals surface area contributed by atoms with Gasteiger partial charge in [-0.3, -0.25) is 0 Å². The Morgan fingerprint density at radius 3 is 3.06 bits per heavy atom. The van der Waals surface area contributed by atoms with Crippen molar-refractivity contribution in [2.24, 2.45) is 7.05 Å². The van der Waals surface area contributed by atoms with Crippen LogP contribution >= 0.6 is 0 Å². The Hall–Kier alpha value is -2.31. The molecule has 0 bridgehead atoms. The van der Waals surface area contributed by atoms with E-state index in [1.165, 1.54) is 4.80 Å². The van der Waals surface area contributed by atoms with Gasteiger partial charge in [-0.2, -0.15) is 4.80 Å². The van der Waals surface area contributed by atoms with Crippen LogP contribution in [0.15, 0.2) is 18.2 Å². The summed E-state index contributed by atoms with van der Waals surface area (Å²) in [5.41, 5.74) is 0. The van der Waals surface area contributed by atoms with Gasteiger partial charge in [0.05, 0.1) is 7.05 Å². The van der Waals surface area contributed by atoms with Gasteiger partial charge in [-0.25, -0.2) is 0 Å². The number of benzene rings is 1. The van der Waals surface area contributed by atoms with E-state index in [1.807, 2.05) is 18.2 Å². The first-order valence-electron chi connectivity index (χ1n) is 5.57. The van der Waals surface area contributed by atoms with E-state index in [0.717, 1.165) is 0 Å². The van der Waals surface area contributed by atoms with Crippen molar-refractivity contribution in [2.75, 3.05) is 13.2 Å². The fourth-order valence-electron chi connectivity index (χ4n) is 1.68. The van der Waals surface area contributed by atoms with Gasteiger partial charge in [-0.15, -0.1) is 10.2 Å². The predicted octanol–water partition coefficient (Wildman–Crippen LogP) is 0.560. The molecule has 2 heterocycles. The zero-order chi connectivity index (χ0) is 12.4. The number of fused-ring (bicyclic) bond motifs is 1. The van der Waals surface area contributed by atoms with E-state index in [9.17, 15) is 0 Å². The van der Waals surface area contributed by atoms with Gasteiger partial charge in [-0.1, -0.05) is 6.07 Å². The summed E-state index contributed by atoms with van der Waals surface area (Å²) in [6.07, 6.45) is 0. The van der Waals surface area contributed by atoms with Crippen molar-refractivity contribution >= 4 is 0 Å². The molecular formula is C11H12N4O3. The number of nitrogens with zero attached hydrogens (tertiary/aromatic N) is 4. The Bertz CT molecular complexity index is 555. The van der Waals surface area contributed by atoms with Crippen LogP contribution in [0, 0.1) is 0 Å². The van der Waals surface area contributed by atoms with Gasteiger partial charge in [0.25, 0.3) is 0 Å². The summed E-state index contributed by atoms with van der Waals surface area (Å²) >= 11 is 0. The van der Waals surface area contributed by atoms with Gasteiger partial charge < -0.3 is 14.2 Å². The molecule has 1 aromatic carbocycles. The van der Waals surface area contributed by atoms with Gasteiger partial charge in [0, 0.05) is 0 Å². The largest absolute Gasteiger partial charge is 0.486 e. The number of hydrogen-bond donors (Lipinski definition) is 0. The Balaban J connectivity index is 1.76. The SMILES string of the molecule is Cn1nnc(COc2cccc3c2OCCO3)n1. The van der Waals surface area contributed by atoms with E-state index in [1.54, 1.807) is 7.05 Å². The van der Waals surface area contributed by atoms with E-state index in [4.69, 9.17) is 14.2 Å². The first kappa shape index (κ1) is 10.8. The molecule has 0 aliphatic carbocycles. The summed E-state index contributed by atoms with van der Waals surface area (Å²) in [6.45, 7) is 1.33. The second-order valence-corrected chi connectivity index (χ2v) is 3.76. The molecule has 0 radical (unpaired) electrons. The molecule has 7 nitrogen and oxygen atoms in total. The fraction of sp³-hybridized carbons (Fsp3) is 0.364. The second-order valence-electron chi connectivity index (χ2n) is 3.76. The van der Waals surface area contributed by atoms with Crippen LogP contribution < -0.4 is 14.2 Å². The monoisotopic (exact) mass is 248 g/mol. The summed E-state index contributed by atoms with van der Waals surface area (Å²) in [6, 6.07) is 5.53. The normalized spacial score (nSPS) is 13.4. The van der Waals surface area contributed by atoms with Gasteiger partial charge in [0.1, 0.15) is 13.2 Å². The third-order valence-electron chi connectivity index (χ3n) is 2.44. The lowest BCUT2D eigenvalue weighted by Gasteiger charge is -2.20.